The largest absolute Gasteiger partial charge is 0.492 e. The van der Waals surface area contributed by atoms with Crippen LogP contribution in [-0.2, 0) is 4.79 Å². The van der Waals surface area contributed by atoms with E-state index in [0.717, 1.165) is 24.2 Å². The molecule has 0 aliphatic carbocycles. The minimum Gasteiger partial charge on any atom is -0.492 e. The van der Waals surface area contributed by atoms with E-state index in [1.54, 1.807) is 10.9 Å². The van der Waals surface area contributed by atoms with Crippen molar-refractivity contribution in [1.82, 2.24) is 14.7 Å². The van der Waals surface area contributed by atoms with E-state index in [1.165, 1.54) is 17.3 Å². The van der Waals surface area contributed by atoms with Crippen molar-refractivity contribution in [3.8, 4) is 5.75 Å². The summed E-state index contributed by atoms with van der Waals surface area (Å²) in [5.41, 5.74) is 3.52. The molecule has 0 spiro atoms. The second-order valence-corrected chi connectivity index (χ2v) is 7.41. The predicted molar refractivity (Wildman–Crippen MR) is 98.2 cm³/mol. The number of piperidine rings is 1. The Balaban J connectivity index is 1.42. The summed E-state index contributed by atoms with van der Waals surface area (Å²) >= 11 is 0. The molecule has 0 saturated carbocycles. The zero-order valence-corrected chi connectivity index (χ0v) is 15.5. The number of aromatic carboxylic acids is 1. The number of rotatable bonds is 3. The van der Waals surface area contributed by atoms with Gasteiger partial charge in [-0.05, 0) is 43.9 Å². The van der Waals surface area contributed by atoms with E-state index >= 15 is 0 Å². The van der Waals surface area contributed by atoms with Gasteiger partial charge >= 0.3 is 5.97 Å². The summed E-state index contributed by atoms with van der Waals surface area (Å²) < 4.78 is 7.47. The molecular weight excluding hydrogens is 346 g/mol. The van der Waals surface area contributed by atoms with Crippen molar-refractivity contribution in [3.63, 3.8) is 0 Å². The molecule has 7 nitrogen and oxygen atoms in total. The third-order valence-corrected chi connectivity index (χ3v) is 5.70. The van der Waals surface area contributed by atoms with Crippen molar-refractivity contribution in [1.29, 1.82) is 0 Å². The van der Waals surface area contributed by atoms with Crippen LogP contribution < -0.4 is 4.74 Å². The molecule has 142 valence electrons. The highest BCUT2D eigenvalue weighted by atomic mass is 16.5. The number of carboxylic acids is 1. The molecule has 1 unspecified atom stereocenters. The Kier molecular flexibility index (Phi) is 4.37. The Morgan fingerprint density at radius 2 is 1.89 bits per heavy atom. The lowest BCUT2D eigenvalue weighted by Crippen LogP contribution is -2.42. The predicted octanol–water partition coefficient (Wildman–Crippen LogP) is 2.54. The molecule has 2 aliphatic rings. The molecule has 1 saturated heterocycles. The van der Waals surface area contributed by atoms with Gasteiger partial charge in [-0.2, -0.15) is 5.10 Å². The molecule has 1 amide bonds. The van der Waals surface area contributed by atoms with Crippen LogP contribution in [0, 0.1) is 13.8 Å². The summed E-state index contributed by atoms with van der Waals surface area (Å²) in [6.45, 7) is 5.78. The van der Waals surface area contributed by atoms with Crippen molar-refractivity contribution in [2.45, 2.75) is 38.6 Å². The minimum absolute atomic E-state index is 0.113. The molecule has 2 aliphatic heterocycles. The Labute approximate surface area is 157 Å². The fourth-order valence-electron chi connectivity index (χ4n) is 3.90. The maximum Gasteiger partial charge on any atom is 0.338 e. The highest BCUT2D eigenvalue weighted by Gasteiger charge is 2.35. The molecule has 2 aromatic rings. The van der Waals surface area contributed by atoms with E-state index in [0.29, 0.717) is 19.7 Å². The molecule has 7 heteroatoms. The van der Waals surface area contributed by atoms with Gasteiger partial charge < -0.3 is 14.7 Å². The van der Waals surface area contributed by atoms with E-state index in [4.69, 9.17) is 9.84 Å². The molecule has 3 heterocycles. The number of fused-ring (bicyclic) bond motifs is 1. The van der Waals surface area contributed by atoms with Crippen LogP contribution in [0.4, 0.5) is 0 Å². The second kappa shape index (κ2) is 6.72. The van der Waals surface area contributed by atoms with E-state index in [-0.39, 0.29) is 23.4 Å². The number of carboxylic acid groups (broad SMARTS) is 1. The highest BCUT2D eigenvalue weighted by Crippen LogP contribution is 2.37. The van der Waals surface area contributed by atoms with E-state index in [2.05, 4.69) is 18.1 Å². The number of carbonyl (C=O) groups is 2. The second-order valence-electron chi connectivity index (χ2n) is 7.41. The van der Waals surface area contributed by atoms with Gasteiger partial charge in [0.2, 0.25) is 5.91 Å². The number of nitrogens with zero attached hydrogens (tertiary/aromatic N) is 3. The van der Waals surface area contributed by atoms with Crippen molar-refractivity contribution in [2.24, 2.45) is 0 Å². The quantitative estimate of drug-likeness (QED) is 0.899. The van der Waals surface area contributed by atoms with Crippen LogP contribution in [0.5, 0.6) is 5.75 Å². The molecular formula is C20H23N3O4. The average Bonchev–Trinajstić information content (AvgIpc) is 3.29. The standard InChI is InChI=1S/C20H23N3O4/c1-12-7-16-17(11-27-18(16)8-13(12)2)19(24)22-5-3-15(4-6-22)23-10-14(9-21-23)20(25)26/h7-10,15,17H,3-6,11H2,1-2H3,(H,25,26). The van der Waals surface area contributed by atoms with E-state index < -0.39 is 5.97 Å². The van der Waals surface area contributed by atoms with Crippen molar-refractivity contribution in [3.05, 3.63) is 46.8 Å². The number of aryl methyl sites for hydroxylation is 2. The molecule has 27 heavy (non-hydrogen) atoms. The molecule has 1 aromatic heterocycles. The minimum atomic E-state index is -0.973. The monoisotopic (exact) mass is 369 g/mol. The first-order valence-corrected chi connectivity index (χ1v) is 9.24. The van der Waals surface area contributed by atoms with Crippen molar-refractivity contribution >= 4 is 11.9 Å². The third-order valence-electron chi connectivity index (χ3n) is 5.70. The number of ether oxygens (including phenoxy) is 1. The molecule has 0 radical (unpaired) electrons. The fraction of sp³-hybridized carbons (Fsp3) is 0.450. The summed E-state index contributed by atoms with van der Waals surface area (Å²) in [4.78, 5) is 26.0. The van der Waals surface area contributed by atoms with E-state index in [1.807, 2.05) is 17.9 Å². The van der Waals surface area contributed by atoms with Gasteiger partial charge in [0.25, 0.3) is 0 Å². The van der Waals surface area contributed by atoms with Gasteiger partial charge in [0.05, 0.1) is 17.8 Å². The van der Waals surface area contributed by atoms with Gasteiger partial charge in [-0.3, -0.25) is 9.48 Å². The topological polar surface area (TPSA) is 84.7 Å². The van der Waals surface area contributed by atoms with Crippen LogP contribution in [0.2, 0.25) is 0 Å². The number of hydrogen-bond acceptors (Lipinski definition) is 4. The fourth-order valence-corrected chi connectivity index (χ4v) is 3.90. The van der Waals surface area contributed by atoms with Gasteiger partial charge in [-0.1, -0.05) is 6.07 Å². The summed E-state index contributed by atoms with van der Waals surface area (Å²) in [5.74, 6) is -0.273. The van der Waals surface area contributed by atoms with Crippen LogP contribution in [-0.4, -0.2) is 51.4 Å². The number of aromatic nitrogens is 2. The Morgan fingerprint density at radius 1 is 1.19 bits per heavy atom. The Morgan fingerprint density at radius 3 is 2.56 bits per heavy atom. The lowest BCUT2D eigenvalue weighted by atomic mass is 9.94. The maximum atomic E-state index is 13.0. The molecule has 1 atom stereocenters. The first-order chi connectivity index (χ1) is 12.9. The zero-order chi connectivity index (χ0) is 19.1. The Bertz CT molecular complexity index is 897. The first-order valence-electron chi connectivity index (χ1n) is 9.24. The van der Waals surface area contributed by atoms with Crippen LogP contribution >= 0.6 is 0 Å². The Hall–Kier alpha value is -2.83. The first kappa shape index (κ1) is 17.6. The molecule has 1 fully saturated rings. The van der Waals surface area contributed by atoms with Crippen LogP contribution in [0.3, 0.4) is 0 Å². The number of likely N-dealkylation sites (tertiary alicyclic amines) is 1. The summed E-state index contributed by atoms with van der Waals surface area (Å²) in [6, 6.07) is 4.21. The normalized spacial score (nSPS) is 19.6. The summed E-state index contributed by atoms with van der Waals surface area (Å²) in [5, 5.41) is 13.2. The number of benzene rings is 1. The lowest BCUT2D eigenvalue weighted by Gasteiger charge is -2.33. The molecule has 4 rings (SSSR count). The van der Waals surface area contributed by atoms with Crippen molar-refractivity contribution < 1.29 is 19.4 Å². The SMILES string of the molecule is Cc1cc2c(cc1C)C(C(=O)N1CCC(n3cc(C(=O)O)cn3)CC1)CO2. The highest BCUT2D eigenvalue weighted by molar-refractivity contribution is 5.87. The molecule has 1 N–H and O–H groups in total. The van der Waals surface area contributed by atoms with Gasteiger partial charge in [0.1, 0.15) is 18.3 Å². The van der Waals surface area contributed by atoms with E-state index in [9.17, 15) is 9.59 Å². The van der Waals surface area contributed by atoms with Gasteiger partial charge in [-0.15, -0.1) is 0 Å². The third kappa shape index (κ3) is 3.18. The number of amides is 1. The van der Waals surface area contributed by atoms with Crippen LogP contribution in [0.25, 0.3) is 0 Å². The van der Waals surface area contributed by atoms with Crippen molar-refractivity contribution in [2.75, 3.05) is 19.7 Å². The van der Waals surface area contributed by atoms with Crippen LogP contribution in [0.15, 0.2) is 24.5 Å². The lowest BCUT2D eigenvalue weighted by molar-refractivity contribution is -0.134. The van der Waals surface area contributed by atoms with Gasteiger partial charge in [0.15, 0.2) is 0 Å². The van der Waals surface area contributed by atoms with Gasteiger partial charge in [0, 0.05) is 24.8 Å². The number of carbonyl (C=O) groups excluding carboxylic acids is 1. The maximum absolute atomic E-state index is 13.0. The molecule has 0 bridgehead atoms. The summed E-state index contributed by atoms with van der Waals surface area (Å²) in [6.07, 6.45) is 4.47. The summed E-state index contributed by atoms with van der Waals surface area (Å²) in [7, 11) is 0. The van der Waals surface area contributed by atoms with Crippen LogP contribution in [0.1, 0.15) is 51.8 Å². The average molecular weight is 369 g/mol. The zero-order valence-electron chi connectivity index (χ0n) is 15.5. The molecule has 1 aromatic carbocycles. The number of hydrogen-bond donors (Lipinski definition) is 1. The smallest absolute Gasteiger partial charge is 0.338 e. The van der Waals surface area contributed by atoms with Gasteiger partial charge in [-0.25, -0.2) is 4.79 Å².